The zero-order valence-electron chi connectivity index (χ0n) is 15.1. The standard InChI is InChI=1S/C22H20N2O3/c1-13(2)24-22-17(15-8-11-19(26)20(27)12-15)4-3-5-18(22)21(23-24)14-6-9-16(25)10-7-14/h3-13,25-27H,1-2H3. The van der Waals surface area contributed by atoms with E-state index in [4.69, 9.17) is 5.10 Å². The molecule has 1 aromatic heterocycles. The zero-order valence-corrected chi connectivity index (χ0v) is 15.1. The SMILES string of the molecule is CC(C)n1nc(-c2ccc(O)cc2)c2cccc(-c3ccc(O)c(O)c3)c21. The fraction of sp³-hybridized carbons (Fsp3) is 0.136. The molecule has 0 spiro atoms. The molecule has 4 aromatic rings. The minimum Gasteiger partial charge on any atom is -0.508 e. The predicted molar refractivity (Wildman–Crippen MR) is 106 cm³/mol. The first-order chi connectivity index (χ1) is 13.0. The summed E-state index contributed by atoms with van der Waals surface area (Å²) in [6.45, 7) is 4.14. The Kier molecular flexibility index (Phi) is 4.00. The molecule has 0 aliphatic heterocycles. The van der Waals surface area contributed by atoms with Crippen molar-refractivity contribution in [1.29, 1.82) is 0 Å². The van der Waals surface area contributed by atoms with E-state index in [-0.39, 0.29) is 23.3 Å². The van der Waals surface area contributed by atoms with E-state index in [1.54, 1.807) is 24.3 Å². The lowest BCUT2D eigenvalue weighted by Gasteiger charge is -2.11. The van der Waals surface area contributed by atoms with Gasteiger partial charge < -0.3 is 15.3 Å². The first kappa shape index (κ1) is 17.0. The number of para-hydroxylation sites is 1. The molecule has 3 N–H and O–H groups in total. The molecule has 5 nitrogen and oxygen atoms in total. The molecule has 0 amide bonds. The lowest BCUT2D eigenvalue weighted by molar-refractivity contribution is 0.404. The molecule has 136 valence electrons. The van der Waals surface area contributed by atoms with Crippen LogP contribution in [0, 0.1) is 0 Å². The van der Waals surface area contributed by atoms with Crippen LogP contribution in [0.25, 0.3) is 33.3 Å². The molecule has 0 atom stereocenters. The second-order valence-corrected chi connectivity index (χ2v) is 6.84. The second-order valence-electron chi connectivity index (χ2n) is 6.84. The molecule has 0 saturated heterocycles. The first-order valence-electron chi connectivity index (χ1n) is 8.78. The van der Waals surface area contributed by atoms with Gasteiger partial charge in [0.1, 0.15) is 11.4 Å². The Balaban J connectivity index is 2.02. The number of aromatic nitrogens is 2. The molecule has 3 aromatic carbocycles. The van der Waals surface area contributed by atoms with E-state index in [0.717, 1.165) is 33.3 Å². The van der Waals surface area contributed by atoms with Gasteiger partial charge in [-0.25, -0.2) is 0 Å². The molecule has 0 bridgehead atoms. The summed E-state index contributed by atoms with van der Waals surface area (Å²) in [6.07, 6.45) is 0. The Labute approximate surface area is 156 Å². The third-order valence-electron chi connectivity index (χ3n) is 4.64. The van der Waals surface area contributed by atoms with Gasteiger partial charge in [-0.3, -0.25) is 4.68 Å². The molecule has 4 rings (SSSR count). The van der Waals surface area contributed by atoms with Gasteiger partial charge >= 0.3 is 0 Å². The van der Waals surface area contributed by atoms with Gasteiger partial charge in [0.2, 0.25) is 0 Å². The van der Waals surface area contributed by atoms with E-state index in [1.165, 1.54) is 6.07 Å². The van der Waals surface area contributed by atoms with Crippen molar-refractivity contribution in [3.8, 4) is 39.6 Å². The van der Waals surface area contributed by atoms with Crippen molar-refractivity contribution in [2.24, 2.45) is 0 Å². The molecular formula is C22H20N2O3. The monoisotopic (exact) mass is 360 g/mol. The normalized spacial score (nSPS) is 11.4. The van der Waals surface area contributed by atoms with Crippen molar-refractivity contribution >= 4 is 10.9 Å². The third-order valence-corrected chi connectivity index (χ3v) is 4.64. The van der Waals surface area contributed by atoms with Crippen LogP contribution in [-0.2, 0) is 0 Å². The quantitative estimate of drug-likeness (QED) is 0.446. The highest BCUT2D eigenvalue weighted by Gasteiger charge is 2.18. The molecule has 0 fully saturated rings. The minimum atomic E-state index is -0.154. The number of phenols is 3. The average Bonchev–Trinajstić information content (AvgIpc) is 3.05. The highest BCUT2D eigenvalue weighted by atomic mass is 16.3. The summed E-state index contributed by atoms with van der Waals surface area (Å²) in [5, 5.41) is 35.0. The largest absolute Gasteiger partial charge is 0.508 e. The summed E-state index contributed by atoms with van der Waals surface area (Å²) in [6, 6.07) is 17.9. The van der Waals surface area contributed by atoms with Crippen LogP contribution in [0.4, 0.5) is 0 Å². The van der Waals surface area contributed by atoms with Crippen molar-refractivity contribution in [2.75, 3.05) is 0 Å². The maximum atomic E-state index is 9.93. The lowest BCUT2D eigenvalue weighted by Crippen LogP contribution is -2.03. The Morgan fingerprint density at radius 3 is 2.19 bits per heavy atom. The summed E-state index contributed by atoms with van der Waals surface area (Å²) < 4.78 is 1.97. The molecule has 0 unspecified atom stereocenters. The summed E-state index contributed by atoms with van der Waals surface area (Å²) in [7, 11) is 0. The van der Waals surface area contributed by atoms with E-state index in [9.17, 15) is 15.3 Å². The van der Waals surface area contributed by atoms with Gasteiger partial charge in [0, 0.05) is 22.6 Å². The summed E-state index contributed by atoms with van der Waals surface area (Å²) in [5.41, 5.74) is 4.44. The van der Waals surface area contributed by atoms with Gasteiger partial charge in [-0.1, -0.05) is 24.3 Å². The highest BCUT2D eigenvalue weighted by molar-refractivity contribution is 6.02. The Hall–Kier alpha value is -3.47. The van der Waals surface area contributed by atoms with Crippen LogP contribution in [-0.4, -0.2) is 25.1 Å². The molecule has 27 heavy (non-hydrogen) atoms. The van der Waals surface area contributed by atoms with Gasteiger partial charge in [0.25, 0.3) is 0 Å². The van der Waals surface area contributed by atoms with Crippen LogP contribution in [0.2, 0.25) is 0 Å². The molecule has 1 heterocycles. The molecule has 0 saturated carbocycles. The molecule has 0 aliphatic rings. The van der Waals surface area contributed by atoms with Gasteiger partial charge in [-0.05, 0) is 55.8 Å². The van der Waals surface area contributed by atoms with Crippen LogP contribution in [0.5, 0.6) is 17.2 Å². The fourth-order valence-electron chi connectivity index (χ4n) is 3.32. The lowest BCUT2D eigenvalue weighted by atomic mass is 9.99. The molecule has 0 aliphatic carbocycles. The van der Waals surface area contributed by atoms with Gasteiger partial charge in [0.15, 0.2) is 11.5 Å². The van der Waals surface area contributed by atoms with Crippen molar-refractivity contribution in [3.05, 3.63) is 60.7 Å². The predicted octanol–water partition coefficient (Wildman–Crippen LogP) is 5.07. The highest BCUT2D eigenvalue weighted by Crippen LogP contribution is 2.38. The number of nitrogens with zero attached hydrogens (tertiary/aromatic N) is 2. The van der Waals surface area contributed by atoms with Crippen molar-refractivity contribution in [2.45, 2.75) is 19.9 Å². The first-order valence-corrected chi connectivity index (χ1v) is 8.78. The van der Waals surface area contributed by atoms with Crippen molar-refractivity contribution in [3.63, 3.8) is 0 Å². The fourth-order valence-corrected chi connectivity index (χ4v) is 3.32. The van der Waals surface area contributed by atoms with Crippen LogP contribution in [0.3, 0.4) is 0 Å². The van der Waals surface area contributed by atoms with E-state index in [0.29, 0.717) is 0 Å². The number of benzene rings is 3. The van der Waals surface area contributed by atoms with Crippen LogP contribution < -0.4 is 0 Å². The average molecular weight is 360 g/mol. The van der Waals surface area contributed by atoms with E-state index >= 15 is 0 Å². The van der Waals surface area contributed by atoms with Gasteiger partial charge in [0.05, 0.1) is 5.52 Å². The number of rotatable bonds is 3. The topological polar surface area (TPSA) is 78.5 Å². The second kappa shape index (κ2) is 6.36. The number of fused-ring (bicyclic) bond motifs is 1. The number of hydrogen-bond donors (Lipinski definition) is 3. The van der Waals surface area contributed by atoms with Gasteiger partial charge in [-0.15, -0.1) is 0 Å². The van der Waals surface area contributed by atoms with Crippen molar-refractivity contribution < 1.29 is 15.3 Å². The summed E-state index contributed by atoms with van der Waals surface area (Å²) in [4.78, 5) is 0. The Morgan fingerprint density at radius 1 is 0.815 bits per heavy atom. The van der Waals surface area contributed by atoms with Crippen LogP contribution in [0.1, 0.15) is 19.9 Å². The Bertz CT molecular complexity index is 1130. The molecule has 5 heteroatoms. The summed E-state index contributed by atoms with van der Waals surface area (Å²) in [5.74, 6) is -0.0847. The zero-order chi connectivity index (χ0) is 19.1. The van der Waals surface area contributed by atoms with Crippen LogP contribution in [0.15, 0.2) is 60.7 Å². The van der Waals surface area contributed by atoms with E-state index in [2.05, 4.69) is 13.8 Å². The third kappa shape index (κ3) is 2.87. The van der Waals surface area contributed by atoms with Gasteiger partial charge in [-0.2, -0.15) is 5.10 Å². The Morgan fingerprint density at radius 2 is 1.52 bits per heavy atom. The molecular weight excluding hydrogens is 340 g/mol. The number of hydrogen-bond acceptors (Lipinski definition) is 4. The number of phenolic OH excluding ortho intramolecular Hbond substituents is 3. The molecule has 0 radical (unpaired) electrons. The number of aromatic hydroxyl groups is 3. The minimum absolute atomic E-state index is 0.130. The smallest absolute Gasteiger partial charge is 0.158 e. The van der Waals surface area contributed by atoms with E-state index < -0.39 is 0 Å². The maximum absolute atomic E-state index is 9.93. The van der Waals surface area contributed by atoms with E-state index in [1.807, 2.05) is 35.0 Å². The van der Waals surface area contributed by atoms with Crippen molar-refractivity contribution in [1.82, 2.24) is 9.78 Å². The van der Waals surface area contributed by atoms with Crippen LogP contribution >= 0.6 is 0 Å². The summed E-state index contributed by atoms with van der Waals surface area (Å²) >= 11 is 0. The maximum Gasteiger partial charge on any atom is 0.158 e.